The Morgan fingerprint density at radius 3 is 3.04 bits per heavy atom. The number of nitrogens with zero attached hydrogens (tertiary/aromatic N) is 2. The minimum absolute atomic E-state index is 0.0349. The molecule has 3 N–H and O–H groups in total. The molecule has 1 saturated carbocycles. The molecule has 2 heterocycles. The van der Waals surface area contributed by atoms with Crippen molar-refractivity contribution in [2.75, 3.05) is 0 Å². The second kappa shape index (κ2) is 7.08. The largest absolute Gasteiger partial charge is 0.447 e. The Morgan fingerprint density at radius 1 is 1.38 bits per heavy atom. The van der Waals surface area contributed by atoms with E-state index >= 15 is 0 Å². The van der Waals surface area contributed by atoms with Crippen molar-refractivity contribution in [3.63, 3.8) is 0 Å². The highest BCUT2D eigenvalue weighted by molar-refractivity contribution is 6.35. The van der Waals surface area contributed by atoms with Crippen molar-refractivity contribution in [3.8, 4) is 6.07 Å². The number of oxazole rings is 1. The number of aromatic nitrogens is 1. The van der Waals surface area contributed by atoms with Crippen LogP contribution in [0, 0.1) is 17.2 Å². The lowest BCUT2D eigenvalue weighted by atomic mass is 9.78. The number of rotatable bonds is 3. The summed E-state index contributed by atoms with van der Waals surface area (Å²) in [4.78, 5) is 16.6. The standard InChI is InChI=1S/C18H18ClN5O2/c19-16-10(7-20)2-1-3-12(16)18(25)22-11-4-5-14-13(6-11)17(24-23-14)15-8-21-9-26-15/h1-3,8-9,11,13-14,17,23-24H,4-6H2,(H,22,25). The third kappa shape index (κ3) is 3.07. The Kier molecular flexibility index (Phi) is 4.64. The van der Waals surface area contributed by atoms with Crippen LogP contribution in [0.15, 0.2) is 35.2 Å². The molecular formula is C18H18ClN5O2. The van der Waals surface area contributed by atoms with Crippen molar-refractivity contribution in [2.24, 2.45) is 5.92 Å². The lowest BCUT2D eigenvalue weighted by Crippen LogP contribution is -2.44. The van der Waals surface area contributed by atoms with Gasteiger partial charge in [0.25, 0.3) is 5.91 Å². The molecule has 8 heteroatoms. The monoisotopic (exact) mass is 371 g/mol. The van der Waals surface area contributed by atoms with Crippen LogP contribution in [-0.4, -0.2) is 23.0 Å². The van der Waals surface area contributed by atoms with Gasteiger partial charge in [0.15, 0.2) is 6.39 Å². The molecule has 7 nitrogen and oxygen atoms in total. The first-order valence-corrected chi connectivity index (χ1v) is 8.94. The fourth-order valence-electron chi connectivity index (χ4n) is 3.91. The first-order valence-electron chi connectivity index (χ1n) is 8.56. The molecular weight excluding hydrogens is 354 g/mol. The van der Waals surface area contributed by atoms with Gasteiger partial charge in [0.2, 0.25) is 0 Å². The Bertz CT molecular complexity index is 848. The average molecular weight is 372 g/mol. The second-order valence-electron chi connectivity index (χ2n) is 6.70. The molecule has 1 aliphatic carbocycles. The van der Waals surface area contributed by atoms with E-state index in [0.29, 0.717) is 23.1 Å². The van der Waals surface area contributed by atoms with Crippen LogP contribution in [0.3, 0.4) is 0 Å². The molecule has 1 aromatic heterocycles. The Hall–Kier alpha value is -2.40. The van der Waals surface area contributed by atoms with E-state index in [0.717, 1.165) is 25.0 Å². The summed E-state index contributed by atoms with van der Waals surface area (Å²) in [7, 11) is 0. The second-order valence-corrected chi connectivity index (χ2v) is 7.08. The molecule has 4 rings (SSSR count). The Balaban J connectivity index is 1.46. The number of hydrogen-bond acceptors (Lipinski definition) is 6. The van der Waals surface area contributed by atoms with Crippen molar-refractivity contribution >= 4 is 17.5 Å². The van der Waals surface area contributed by atoms with Crippen molar-refractivity contribution in [3.05, 3.63) is 52.7 Å². The maximum atomic E-state index is 12.6. The van der Waals surface area contributed by atoms with Crippen LogP contribution in [0.4, 0.5) is 0 Å². The van der Waals surface area contributed by atoms with Gasteiger partial charge in [-0.3, -0.25) is 10.2 Å². The number of hydrazine groups is 1. The summed E-state index contributed by atoms with van der Waals surface area (Å²) in [5, 5.41) is 12.3. The molecule has 2 aliphatic rings. The van der Waals surface area contributed by atoms with Gasteiger partial charge < -0.3 is 9.73 Å². The van der Waals surface area contributed by atoms with E-state index in [1.165, 1.54) is 6.39 Å². The van der Waals surface area contributed by atoms with Crippen LogP contribution in [0.25, 0.3) is 0 Å². The van der Waals surface area contributed by atoms with E-state index in [9.17, 15) is 4.79 Å². The summed E-state index contributed by atoms with van der Waals surface area (Å²) >= 11 is 6.18. The highest BCUT2D eigenvalue weighted by atomic mass is 35.5. The van der Waals surface area contributed by atoms with Crippen LogP contribution in [0.5, 0.6) is 0 Å². The van der Waals surface area contributed by atoms with Gasteiger partial charge in [-0.05, 0) is 31.4 Å². The summed E-state index contributed by atoms with van der Waals surface area (Å²) in [6.45, 7) is 0. The molecule has 1 aromatic carbocycles. The Labute approximate surface area is 155 Å². The molecule has 1 aliphatic heterocycles. The highest BCUT2D eigenvalue weighted by Crippen LogP contribution is 2.38. The summed E-state index contributed by atoms with van der Waals surface area (Å²) in [6, 6.07) is 7.32. The number of amides is 1. The number of hydrogen-bond donors (Lipinski definition) is 3. The number of carbonyl (C=O) groups excluding carboxylic acids is 1. The zero-order valence-corrected chi connectivity index (χ0v) is 14.7. The summed E-state index contributed by atoms with van der Waals surface area (Å²) in [5.41, 5.74) is 7.23. The van der Waals surface area contributed by atoms with Crippen LogP contribution in [0.2, 0.25) is 5.02 Å². The lowest BCUT2D eigenvalue weighted by Gasteiger charge is -2.33. The van der Waals surface area contributed by atoms with Crippen molar-refractivity contribution in [1.82, 2.24) is 21.2 Å². The first kappa shape index (κ1) is 17.0. The van der Waals surface area contributed by atoms with Crippen LogP contribution >= 0.6 is 11.6 Å². The van der Waals surface area contributed by atoms with Gasteiger partial charge in [0.1, 0.15) is 11.8 Å². The number of benzene rings is 1. The quantitative estimate of drug-likeness (QED) is 0.765. The molecule has 2 aromatic rings. The number of nitriles is 1. The molecule has 1 saturated heterocycles. The SMILES string of the molecule is N#Cc1cccc(C(=O)NC2CCC3NNC(c4cnco4)C3C2)c1Cl. The first-order chi connectivity index (χ1) is 12.7. The third-order valence-corrected chi connectivity index (χ3v) is 5.62. The van der Waals surface area contributed by atoms with Gasteiger partial charge in [-0.25, -0.2) is 10.4 Å². The molecule has 134 valence electrons. The fourth-order valence-corrected chi connectivity index (χ4v) is 4.16. The molecule has 4 unspecified atom stereocenters. The maximum absolute atomic E-state index is 12.6. The zero-order valence-electron chi connectivity index (χ0n) is 13.9. The molecule has 26 heavy (non-hydrogen) atoms. The van der Waals surface area contributed by atoms with Crippen molar-refractivity contribution in [2.45, 2.75) is 37.4 Å². The van der Waals surface area contributed by atoms with Crippen LogP contribution in [-0.2, 0) is 0 Å². The maximum Gasteiger partial charge on any atom is 0.253 e. The lowest BCUT2D eigenvalue weighted by molar-refractivity contribution is 0.0914. The number of halogens is 1. The van der Waals surface area contributed by atoms with Crippen molar-refractivity contribution < 1.29 is 9.21 Å². The van der Waals surface area contributed by atoms with Gasteiger partial charge in [-0.1, -0.05) is 17.7 Å². The van der Waals surface area contributed by atoms with Gasteiger partial charge in [-0.15, -0.1) is 0 Å². The summed E-state index contributed by atoms with van der Waals surface area (Å²) in [6.07, 6.45) is 5.78. The predicted octanol–water partition coefficient (Wildman–Crippen LogP) is 2.32. The molecule has 0 spiro atoms. The van der Waals surface area contributed by atoms with Crippen LogP contribution < -0.4 is 16.2 Å². The van der Waals surface area contributed by atoms with E-state index in [1.807, 2.05) is 6.07 Å². The zero-order chi connectivity index (χ0) is 18.1. The van der Waals surface area contributed by atoms with Gasteiger partial charge in [0.05, 0.1) is 28.4 Å². The number of fused-ring (bicyclic) bond motifs is 1. The summed E-state index contributed by atoms with van der Waals surface area (Å²) in [5.74, 6) is 0.843. The normalized spacial score (nSPS) is 27.5. The minimum atomic E-state index is -0.245. The summed E-state index contributed by atoms with van der Waals surface area (Å²) < 4.78 is 5.44. The number of carbonyl (C=O) groups is 1. The molecule has 0 bridgehead atoms. The van der Waals surface area contributed by atoms with Gasteiger partial charge in [-0.2, -0.15) is 5.26 Å². The predicted molar refractivity (Wildman–Crippen MR) is 94.1 cm³/mol. The third-order valence-electron chi connectivity index (χ3n) is 5.21. The van der Waals surface area contributed by atoms with E-state index in [-0.39, 0.29) is 23.0 Å². The van der Waals surface area contributed by atoms with E-state index in [2.05, 4.69) is 21.2 Å². The topological polar surface area (TPSA) is 103 Å². The van der Waals surface area contributed by atoms with E-state index < -0.39 is 0 Å². The molecule has 4 atom stereocenters. The van der Waals surface area contributed by atoms with Crippen LogP contribution in [0.1, 0.15) is 47.0 Å². The molecule has 1 amide bonds. The molecule has 0 radical (unpaired) electrons. The van der Waals surface area contributed by atoms with Gasteiger partial charge in [0, 0.05) is 18.0 Å². The minimum Gasteiger partial charge on any atom is -0.447 e. The fraction of sp³-hybridized carbons (Fsp3) is 0.389. The number of nitrogens with one attached hydrogen (secondary N) is 3. The van der Waals surface area contributed by atoms with E-state index in [1.54, 1.807) is 24.4 Å². The average Bonchev–Trinajstić information content (AvgIpc) is 3.30. The smallest absolute Gasteiger partial charge is 0.253 e. The van der Waals surface area contributed by atoms with E-state index in [4.69, 9.17) is 21.3 Å². The van der Waals surface area contributed by atoms with Crippen molar-refractivity contribution in [1.29, 1.82) is 5.26 Å². The highest BCUT2D eigenvalue weighted by Gasteiger charge is 2.42. The molecule has 2 fully saturated rings. The Morgan fingerprint density at radius 2 is 2.27 bits per heavy atom. The van der Waals surface area contributed by atoms with Gasteiger partial charge >= 0.3 is 0 Å².